The van der Waals surface area contributed by atoms with Crippen molar-refractivity contribution in [3.8, 4) is 0 Å². The fourth-order valence-corrected chi connectivity index (χ4v) is 1.66. The van der Waals surface area contributed by atoms with Crippen LogP contribution in [0, 0.1) is 18.6 Å². The summed E-state index contributed by atoms with van der Waals surface area (Å²) in [6.07, 6.45) is 0. The highest BCUT2D eigenvalue weighted by Crippen LogP contribution is 2.17. The van der Waals surface area contributed by atoms with Crippen LogP contribution in [0.5, 0.6) is 0 Å². The molecule has 1 aromatic heterocycles. The molecule has 0 spiro atoms. The molecule has 0 radical (unpaired) electrons. The quantitative estimate of drug-likeness (QED) is 0.862. The first-order valence-electron chi connectivity index (χ1n) is 5.24. The average molecular weight is 284 g/mol. The Kier molecular flexibility index (Phi) is 3.71. The van der Waals surface area contributed by atoms with E-state index in [1.165, 1.54) is 18.2 Å². The number of carbonyl (C=O) groups is 1. The fraction of sp³-hybridized carbons (Fsp3) is 0.0833. The van der Waals surface area contributed by atoms with Crippen LogP contribution in [0.3, 0.4) is 0 Å². The number of hydrogen-bond acceptors (Lipinski definition) is 3. The summed E-state index contributed by atoms with van der Waals surface area (Å²) < 4.78 is 26.4. The molecule has 1 heterocycles. The second-order valence-corrected chi connectivity index (χ2v) is 4.06. The third kappa shape index (κ3) is 3.03. The number of nitrogens with zero attached hydrogens (tertiary/aromatic N) is 2. The number of halogens is 3. The average Bonchev–Trinajstić information content (AvgIpc) is 2.33. The molecule has 0 fully saturated rings. The lowest BCUT2D eigenvalue weighted by Gasteiger charge is -2.06. The van der Waals surface area contributed by atoms with Gasteiger partial charge in [-0.15, -0.1) is 0 Å². The lowest BCUT2D eigenvalue weighted by Crippen LogP contribution is -2.15. The maximum absolute atomic E-state index is 13.4. The predicted octanol–water partition coefficient (Wildman–Crippen LogP) is 2.97. The van der Waals surface area contributed by atoms with Crippen molar-refractivity contribution in [1.29, 1.82) is 0 Å². The van der Waals surface area contributed by atoms with Crippen molar-refractivity contribution in [2.24, 2.45) is 0 Å². The largest absolute Gasteiger partial charge is 0.318 e. The number of anilines is 1. The van der Waals surface area contributed by atoms with Gasteiger partial charge in [0.2, 0.25) is 5.28 Å². The van der Waals surface area contributed by atoms with E-state index in [-0.39, 0.29) is 16.7 Å². The van der Waals surface area contributed by atoms with Crippen LogP contribution in [0.1, 0.15) is 16.2 Å². The first kappa shape index (κ1) is 13.4. The van der Waals surface area contributed by atoms with Crippen LogP contribution in [-0.2, 0) is 0 Å². The second-order valence-electron chi connectivity index (χ2n) is 3.72. The standard InChI is InChI=1S/C12H8ClF2N3O/c1-6-5-9(18-12(13)16-6)11(19)17-8-4-2-3-7(14)10(8)15/h2-5H,1H3,(H,17,19). The van der Waals surface area contributed by atoms with Gasteiger partial charge >= 0.3 is 0 Å². The molecule has 1 amide bonds. The van der Waals surface area contributed by atoms with E-state index < -0.39 is 17.5 Å². The molecule has 98 valence electrons. The molecule has 0 saturated heterocycles. The molecule has 0 bridgehead atoms. The Morgan fingerprint density at radius 1 is 1.32 bits per heavy atom. The van der Waals surface area contributed by atoms with E-state index in [2.05, 4.69) is 15.3 Å². The van der Waals surface area contributed by atoms with Crippen molar-refractivity contribution in [2.45, 2.75) is 6.92 Å². The molecule has 1 N–H and O–H groups in total. The molecule has 0 atom stereocenters. The number of rotatable bonds is 2. The summed E-state index contributed by atoms with van der Waals surface area (Å²) >= 11 is 5.62. The van der Waals surface area contributed by atoms with Crippen molar-refractivity contribution in [3.63, 3.8) is 0 Å². The van der Waals surface area contributed by atoms with Crippen LogP contribution in [0.25, 0.3) is 0 Å². The van der Waals surface area contributed by atoms with Gasteiger partial charge in [0.15, 0.2) is 11.6 Å². The predicted molar refractivity (Wildman–Crippen MR) is 66.1 cm³/mol. The monoisotopic (exact) mass is 283 g/mol. The lowest BCUT2D eigenvalue weighted by molar-refractivity contribution is 0.102. The normalized spacial score (nSPS) is 10.3. The summed E-state index contributed by atoms with van der Waals surface area (Å²) in [7, 11) is 0. The van der Waals surface area contributed by atoms with Gasteiger partial charge in [0.05, 0.1) is 5.69 Å². The molecule has 1 aromatic carbocycles. The van der Waals surface area contributed by atoms with Gasteiger partial charge in [-0.2, -0.15) is 0 Å². The summed E-state index contributed by atoms with van der Waals surface area (Å²) in [4.78, 5) is 19.3. The Morgan fingerprint density at radius 3 is 2.74 bits per heavy atom. The summed E-state index contributed by atoms with van der Waals surface area (Å²) in [5, 5.41) is 2.13. The molecular formula is C12H8ClF2N3O. The van der Waals surface area contributed by atoms with E-state index in [1.807, 2.05) is 0 Å². The highest BCUT2D eigenvalue weighted by molar-refractivity contribution is 6.28. The molecule has 0 aliphatic carbocycles. The number of benzene rings is 1. The maximum atomic E-state index is 13.4. The Labute approximate surface area is 112 Å². The number of aromatic nitrogens is 2. The minimum absolute atomic E-state index is 0.0267. The van der Waals surface area contributed by atoms with Crippen molar-refractivity contribution in [1.82, 2.24) is 9.97 Å². The van der Waals surface area contributed by atoms with Gasteiger partial charge < -0.3 is 5.32 Å². The number of hydrogen-bond donors (Lipinski definition) is 1. The van der Waals surface area contributed by atoms with E-state index in [4.69, 9.17) is 11.6 Å². The van der Waals surface area contributed by atoms with E-state index in [0.717, 1.165) is 6.07 Å². The van der Waals surface area contributed by atoms with Crippen LogP contribution >= 0.6 is 11.6 Å². The molecule has 19 heavy (non-hydrogen) atoms. The molecule has 0 unspecified atom stereocenters. The van der Waals surface area contributed by atoms with Crippen LogP contribution in [-0.4, -0.2) is 15.9 Å². The second kappa shape index (κ2) is 5.27. The van der Waals surface area contributed by atoms with Crippen molar-refractivity contribution in [3.05, 3.63) is 52.6 Å². The highest BCUT2D eigenvalue weighted by Gasteiger charge is 2.14. The SMILES string of the molecule is Cc1cc(C(=O)Nc2cccc(F)c2F)nc(Cl)n1. The molecule has 0 saturated carbocycles. The van der Waals surface area contributed by atoms with Gasteiger partial charge in [0, 0.05) is 5.69 Å². The molecule has 0 aliphatic rings. The molecule has 2 rings (SSSR count). The Morgan fingerprint density at radius 2 is 2.05 bits per heavy atom. The smallest absolute Gasteiger partial charge is 0.274 e. The summed E-state index contributed by atoms with van der Waals surface area (Å²) in [6, 6.07) is 4.87. The van der Waals surface area contributed by atoms with Crippen LogP contribution in [0.4, 0.5) is 14.5 Å². The van der Waals surface area contributed by atoms with Gasteiger partial charge in [-0.1, -0.05) is 6.07 Å². The summed E-state index contributed by atoms with van der Waals surface area (Å²) in [5.74, 6) is -2.88. The van der Waals surface area contributed by atoms with Crippen LogP contribution in [0.15, 0.2) is 24.3 Å². The third-order valence-corrected chi connectivity index (χ3v) is 2.43. The van der Waals surface area contributed by atoms with Crippen molar-refractivity contribution >= 4 is 23.2 Å². The van der Waals surface area contributed by atoms with Crippen LogP contribution in [0.2, 0.25) is 5.28 Å². The number of nitrogens with one attached hydrogen (secondary N) is 1. The maximum Gasteiger partial charge on any atom is 0.274 e. The minimum atomic E-state index is -1.13. The van der Waals surface area contributed by atoms with Gasteiger partial charge in [-0.05, 0) is 36.7 Å². The first-order chi connectivity index (χ1) is 8.97. The number of aryl methyl sites for hydroxylation is 1. The van der Waals surface area contributed by atoms with Crippen LogP contribution < -0.4 is 5.32 Å². The zero-order valence-electron chi connectivity index (χ0n) is 9.75. The topological polar surface area (TPSA) is 54.9 Å². The summed E-state index contributed by atoms with van der Waals surface area (Å²) in [6.45, 7) is 1.63. The van der Waals surface area contributed by atoms with E-state index >= 15 is 0 Å². The van der Waals surface area contributed by atoms with Gasteiger partial charge in [-0.3, -0.25) is 4.79 Å². The highest BCUT2D eigenvalue weighted by atomic mass is 35.5. The van der Waals surface area contributed by atoms with Gasteiger partial charge in [0.25, 0.3) is 5.91 Å². The fourth-order valence-electron chi connectivity index (χ4n) is 1.44. The molecule has 2 aromatic rings. The first-order valence-corrected chi connectivity index (χ1v) is 5.61. The third-order valence-electron chi connectivity index (χ3n) is 2.26. The molecule has 0 aliphatic heterocycles. The number of carbonyl (C=O) groups excluding carboxylic acids is 1. The van der Waals surface area contributed by atoms with Gasteiger partial charge in [-0.25, -0.2) is 18.7 Å². The molecular weight excluding hydrogens is 276 g/mol. The number of amides is 1. The molecule has 4 nitrogen and oxygen atoms in total. The lowest BCUT2D eigenvalue weighted by atomic mass is 10.2. The van der Waals surface area contributed by atoms with Gasteiger partial charge in [0.1, 0.15) is 5.69 Å². The zero-order valence-corrected chi connectivity index (χ0v) is 10.5. The van der Waals surface area contributed by atoms with E-state index in [0.29, 0.717) is 5.69 Å². The van der Waals surface area contributed by atoms with E-state index in [9.17, 15) is 13.6 Å². The Hall–Kier alpha value is -2.08. The van der Waals surface area contributed by atoms with Crippen molar-refractivity contribution < 1.29 is 13.6 Å². The minimum Gasteiger partial charge on any atom is -0.318 e. The Bertz CT molecular complexity index is 629. The molecule has 7 heteroatoms. The Balaban J connectivity index is 2.28. The zero-order chi connectivity index (χ0) is 14.0. The van der Waals surface area contributed by atoms with E-state index in [1.54, 1.807) is 6.92 Å². The summed E-state index contributed by atoms with van der Waals surface area (Å²) in [5.41, 5.74) is 0.198. The van der Waals surface area contributed by atoms with Crippen molar-refractivity contribution in [2.75, 3.05) is 5.32 Å².